The maximum absolute atomic E-state index is 13.0. The molecule has 3 atom stereocenters. The molecule has 0 heterocycles. The summed E-state index contributed by atoms with van der Waals surface area (Å²) in [7, 11) is 1.22. The minimum absolute atomic E-state index is 0.0166. The van der Waals surface area contributed by atoms with Crippen molar-refractivity contribution in [1.29, 1.82) is 0 Å². The third-order valence-electron chi connectivity index (χ3n) is 14.9. The molecular weight excluding hydrogens is 1060 g/mol. The molecule has 0 aromatic carbocycles. The highest BCUT2D eigenvalue weighted by atomic mass is 31.2. The van der Waals surface area contributed by atoms with E-state index in [1.165, 1.54) is 161 Å². The van der Waals surface area contributed by atoms with Crippen molar-refractivity contribution in [1.82, 2.24) is 5.32 Å². The number of aliphatic hydroxyl groups is 1. The largest absolute Gasteiger partial charge is 0.756 e. The predicted octanol–water partition coefficient (Wildman–Crippen LogP) is 21.6. The van der Waals surface area contributed by atoms with E-state index in [1.54, 1.807) is 6.08 Å². The molecule has 0 aromatic heterocycles. The van der Waals surface area contributed by atoms with Crippen molar-refractivity contribution in [2.75, 3.05) is 40.9 Å². The molecule has 0 aliphatic heterocycles. The number of carbonyl (C=O) groups is 1. The Morgan fingerprint density at radius 3 is 1.06 bits per heavy atom. The molecule has 0 aromatic rings. The number of quaternary nitrogens is 1. The maximum atomic E-state index is 13.0. The van der Waals surface area contributed by atoms with Crippen LogP contribution in [0.25, 0.3) is 0 Å². The molecular formula is C75H131N2O6P. The zero-order valence-electron chi connectivity index (χ0n) is 55.1. The Morgan fingerprint density at radius 1 is 0.429 bits per heavy atom. The summed E-state index contributed by atoms with van der Waals surface area (Å²) in [4.78, 5) is 25.6. The van der Waals surface area contributed by atoms with Gasteiger partial charge in [-0.2, -0.15) is 0 Å². The highest BCUT2D eigenvalue weighted by Crippen LogP contribution is 2.38. The number of hydrogen-bond acceptors (Lipinski definition) is 6. The second-order valence-electron chi connectivity index (χ2n) is 24.2. The average Bonchev–Trinajstić information content (AvgIpc) is 3.56. The number of allylic oxidation sites excluding steroid dienone is 21. The van der Waals surface area contributed by atoms with E-state index in [-0.39, 0.29) is 18.9 Å². The number of unbranched alkanes of at least 4 members (excludes halogenated alkanes) is 29. The van der Waals surface area contributed by atoms with Crippen LogP contribution >= 0.6 is 7.82 Å². The van der Waals surface area contributed by atoms with Crippen LogP contribution in [0.4, 0.5) is 0 Å². The first-order valence-corrected chi connectivity index (χ1v) is 36.0. The van der Waals surface area contributed by atoms with E-state index >= 15 is 0 Å². The average molecular weight is 1190 g/mol. The molecule has 0 aliphatic rings. The Kier molecular flexibility index (Phi) is 61.6. The van der Waals surface area contributed by atoms with Crippen LogP contribution in [0.1, 0.15) is 284 Å². The quantitative estimate of drug-likeness (QED) is 0.0272. The molecule has 0 spiro atoms. The van der Waals surface area contributed by atoms with Gasteiger partial charge < -0.3 is 28.8 Å². The number of likely N-dealkylation sites (N-methyl/N-ethyl adjacent to an activating group) is 1. The summed E-state index contributed by atoms with van der Waals surface area (Å²) in [6.07, 6.45) is 97.1. The molecule has 0 rings (SSSR count). The van der Waals surface area contributed by atoms with Gasteiger partial charge in [0.1, 0.15) is 13.2 Å². The molecule has 0 saturated carbocycles. The van der Waals surface area contributed by atoms with Gasteiger partial charge in [0.25, 0.3) is 7.82 Å². The van der Waals surface area contributed by atoms with Crippen LogP contribution in [0.3, 0.4) is 0 Å². The minimum atomic E-state index is -4.63. The number of amides is 1. The van der Waals surface area contributed by atoms with Gasteiger partial charge in [0.15, 0.2) is 0 Å². The Labute approximate surface area is 519 Å². The second kappa shape index (κ2) is 64.1. The molecule has 0 bridgehead atoms. The number of rotatable bonds is 62. The molecule has 9 heteroatoms. The monoisotopic (exact) mass is 1190 g/mol. The zero-order chi connectivity index (χ0) is 61.2. The van der Waals surface area contributed by atoms with Gasteiger partial charge in [-0.1, -0.05) is 314 Å². The van der Waals surface area contributed by atoms with Crippen LogP contribution in [0.2, 0.25) is 0 Å². The highest BCUT2D eigenvalue weighted by Gasteiger charge is 2.23. The molecule has 0 saturated heterocycles. The van der Waals surface area contributed by atoms with Crippen LogP contribution in [0, 0.1) is 0 Å². The number of phosphoric ester groups is 1. The Hall–Kier alpha value is -3.36. The number of nitrogens with one attached hydrogen (secondary N) is 1. The van der Waals surface area contributed by atoms with Gasteiger partial charge >= 0.3 is 0 Å². The van der Waals surface area contributed by atoms with E-state index in [1.807, 2.05) is 27.2 Å². The van der Waals surface area contributed by atoms with Gasteiger partial charge in [-0.3, -0.25) is 9.36 Å². The van der Waals surface area contributed by atoms with Gasteiger partial charge in [-0.05, 0) is 96.3 Å². The van der Waals surface area contributed by atoms with Crippen LogP contribution in [-0.2, 0) is 18.4 Å². The van der Waals surface area contributed by atoms with Gasteiger partial charge in [0.2, 0.25) is 5.91 Å². The molecule has 3 unspecified atom stereocenters. The lowest BCUT2D eigenvalue weighted by Gasteiger charge is -2.29. The SMILES string of the molecule is CC/C=C\C/C=C\C/C=C\C/C=C\C/C=C\C/C=C\C/C=C\C/C=C\C/C=C\C/C=C\CCCCC(=O)NC(COP(=O)([O-])OCC[N+](C)(C)C)C(O)/C=C/CCCCCCCCCCCCCCCCCCCCCCCCCCCCC. The van der Waals surface area contributed by atoms with Crippen molar-refractivity contribution < 1.29 is 32.9 Å². The lowest BCUT2D eigenvalue weighted by Crippen LogP contribution is -2.45. The van der Waals surface area contributed by atoms with Gasteiger partial charge in [0.05, 0.1) is 39.9 Å². The lowest BCUT2D eigenvalue weighted by atomic mass is 10.0. The van der Waals surface area contributed by atoms with Crippen molar-refractivity contribution in [3.63, 3.8) is 0 Å². The van der Waals surface area contributed by atoms with E-state index in [4.69, 9.17) is 9.05 Å². The fraction of sp³-hybridized carbons (Fsp3) is 0.693. The summed E-state index contributed by atoms with van der Waals surface area (Å²) in [6, 6.07) is -0.922. The standard InChI is InChI=1S/C75H131N2O6P/c1-6-8-10-12-14-16-18-20-22-24-26-28-30-32-34-36-37-38-39-41-43-45-47-49-51-53-55-57-59-61-63-65-67-69-75(79)76-73(72-83-84(80,81)82-71-70-77(3,4)5)74(78)68-66-64-62-60-58-56-54-52-50-48-46-44-42-40-35-33-31-29-27-25-23-21-19-17-15-13-11-9-7-2/h8,10,14,16,20,22,26,28,32,34,37-38,41,43,47,49,53,55,59,61,66,68,73-74,78H,6-7,9,11-13,15,17-19,21,23-25,27,29-31,33,35-36,39-40,42,44-46,48,50-52,54,56-58,60,62-65,67,69-72H2,1-5H3,(H-,76,79,80,81)/b10-8-,16-14-,22-20-,28-26-,34-32-,38-37-,43-41-,49-47-,55-53-,61-59-,68-66+. The van der Waals surface area contributed by atoms with E-state index in [9.17, 15) is 19.4 Å². The van der Waals surface area contributed by atoms with E-state index in [0.29, 0.717) is 17.4 Å². The Bertz CT molecular complexity index is 1830. The summed E-state index contributed by atoms with van der Waals surface area (Å²) in [5, 5.41) is 13.9. The van der Waals surface area contributed by atoms with E-state index < -0.39 is 26.6 Å². The zero-order valence-corrected chi connectivity index (χ0v) is 56.0. The summed E-state index contributed by atoms with van der Waals surface area (Å²) in [5.74, 6) is -0.242. The first-order valence-electron chi connectivity index (χ1n) is 34.5. The fourth-order valence-corrected chi connectivity index (χ4v) is 10.3. The van der Waals surface area contributed by atoms with E-state index in [0.717, 1.165) is 96.3 Å². The van der Waals surface area contributed by atoms with Crippen molar-refractivity contribution >= 4 is 13.7 Å². The molecule has 0 fully saturated rings. The number of phosphoric acid groups is 1. The summed E-state index contributed by atoms with van der Waals surface area (Å²) in [6.45, 7) is 4.52. The van der Waals surface area contributed by atoms with Crippen LogP contribution in [-0.4, -0.2) is 68.5 Å². The van der Waals surface area contributed by atoms with Crippen molar-refractivity contribution in [3.05, 3.63) is 134 Å². The van der Waals surface area contributed by atoms with Crippen molar-refractivity contribution in [3.8, 4) is 0 Å². The molecule has 1 amide bonds. The lowest BCUT2D eigenvalue weighted by molar-refractivity contribution is -0.870. The van der Waals surface area contributed by atoms with Gasteiger partial charge in [-0.25, -0.2) is 0 Å². The summed E-state index contributed by atoms with van der Waals surface area (Å²) >= 11 is 0. The number of hydrogen-bond donors (Lipinski definition) is 2. The molecule has 2 N–H and O–H groups in total. The summed E-state index contributed by atoms with van der Waals surface area (Å²) in [5.41, 5.74) is 0. The van der Waals surface area contributed by atoms with Crippen molar-refractivity contribution in [2.45, 2.75) is 296 Å². The molecule has 0 aliphatic carbocycles. The first kappa shape index (κ1) is 80.6. The fourth-order valence-electron chi connectivity index (χ4n) is 9.54. The summed E-state index contributed by atoms with van der Waals surface area (Å²) < 4.78 is 23.4. The number of carbonyl (C=O) groups excluding carboxylic acids is 1. The molecule has 8 nitrogen and oxygen atoms in total. The smallest absolute Gasteiger partial charge is 0.268 e. The third kappa shape index (κ3) is 66.2. The predicted molar refractivity (Wildman–Crippen MR) is 366 cm³/mol. The van der Waals surface area contributed by atoms with Crippen LogP contribution in [0.5, 0.6) is 0 Å². The maximum Gasteiger partial charge on any atom is 0.268 e. The topological polar surface area (TPSA) is 108 Å². The second-order valence-corrected chi connectivity index (χ2v) is 25.6. The van der Waals surface area contributed by atoms with Gasteiger partial charge in [0, 0.05) is 6.42 Å². The van der Waals surface area contributed by atoms with Crippen LogP contribution < -0.4 is 10.2 Å². The number of nitrogens with zero attached hydrogens (tertiary/aromatic N) is 1. The normalized spacial score (nSPS) is 14.5. The van der Waals surface area contributed by atoms with Crippen LogP contribution in [0.15, 0.2) is 134 Å². The molecule has 482 valence electrons. The highest BCUT2D eigenvalue weighted by molar-refractivity contribution is 7.45. The minimum Gasteiger partial charge on any atom is -0.756 e. The number of aliphatic hydroxyl groups excluding tert-OH is 1. The van der Waals surface area contributed by atoms with Gasteiger partial charge in [-0.15, -0.1) is 0 Å². The van der Waals surface area contributed by atoms with Crippen molar-refractivity contribution in [2.24, 2.45) is 0 Å². The Balaban J connectivity index is 4.24. The third-order valence-corrected chi connectivity index (χ3v) is 15.8. The van der Waals surface area contributed by atoms with E-state index in [2.05, 4.69) is 141 Å². The molecule has 84 heavy (non-hydrogen) atoms. The Morgan fingerprint density at radius 2 is 0.726 bits per heavy atom. The first-order chi connectivity index (χ1) is 41.0. The molecule has 0 radical (unpaired) electrons.